The number of carbonyl (C=O) groups is 1. The zero-order chi connectivity index (χ0) is 20.9. The molecule has 5 heteroatoms. The van der Waals surface area contributed by atoms with Crippen LogP contribution in [0.25, 0.3) is 16.7 Å². The van der Waals surface area contributed by atoms with Crippen LogP contribution in [0.4, 0.5) is 5.69 Å². The number of hydrogen-bond acceptors (Lipinski definition) is 4. The highest BCUT2D eigenvalue weighted by molar-refractivity contribution is 5.95. The second-order valence-electron chi connectivity index (χ2n) is 8.00. The van der Waals surface area contributed by atoms with Crippen LogP contribution < -0.4 is 14.8 Å². The van der Waals surface area contributed by atoms with E-state index in [0.29, 0.717) is 11.5 Å². The molecule has 1 unspecified atom stereocenters. The number of hydrogen-bond donors (Lipinski definition) is 2. The van der Waals surface area contributed by atoms with Crippen LogP contribution in [0.15, 0.2) is 48.1 Å². The van der Waals surface area contributed by atoms with Crippen LogP contribution in [0.2, 0.25) is 0 Å². The molecule has 0 bridgehead atoms. The summed E-state index contributed by atoms with van der Waals surface area (Å²) in [7, 11) is 1.63. The van der Waals surface area contributed by atoms with E-state index in [2.05, 4.69) is 38.2 Å². The summed E-state index contributed by atoms with van der Waals surface area (Å²) in [6, 6.07) is 9.68. The third-order valence-corrected chi connectivity index (χ3v) is 5.50. The van der Waals surface area contributed by atoms with Gasteiger partial charge in [-0.25, -0.2) is 4.79 Å². The van der Waals surface area contributed by atoms with E-state index in [-0.39, 0.29) is 11.1 Å². The maximum Gasteiger partial charge on any atom is 0.335 e. The summed E-state index contributed by atoms with van der Waals surface area (Å²) in [5.74, 6) is 0.330. The van der Waals surface area contributed by atoms with Crippen LogP contribution >= 0.6 is 0 Å². The van der Waals surface area contributed by atoms with Gasteiger partial charge in [0.05, 0.1) is 23.8 Å². The number of allylic oxidation sites excluding steroid dienone is 2. The summed E-state index contributed by atoms with van der Waals surface area (Å²) in [5, 5.41) is 13.4. The van der Waals surface area contributed by atoms with Gasteiger partial charge in [0, 0.05) is 16.8 Å². The lowest BCUT2D eigenvalue weighted by Gasteiger charge is -2.37. The molecule has 0 fully saturated rings. The molecular formula is C24H25NO4. The van der Waals surface area contributed by atoms with E-state index in [1.165, 1.54) is 0 Å². The number of rotatable bonds is 3. The van der Waals surface area contributed by atoms with Gasteiger partial charge in [-0.2, -0.15) is 0 Å². The summed E-state index contributed by atoms with van der Waals surface area (Å²) >= 11 is 0. The van der Waals surface area contributed by atoms with Crippen molar-refractivity contribution in [1.29, 1.82) is 0 Å². The highest BCUT2D eigenvalue weighted by Gasteiger charge is 2.38. The number of carboxylic acids is 1. The Morgan fingerprint density at radius 1 is 1.24 bits per heavy atom. The van der Waals surface area contributed by atoms with Crippen molar-refractivity contribution in [3.8, 4) is 22.6 Å². The maximum atomic E-state index is 12.0. The molecule has 150 valence electrons. The third-order valence-electron chi connectivity index (χ3n) is 5.50. The van der Waals surface area contributed by atoms with Crippen molar-refractivity contribution in [2.45, 2.75) is 39.3 Å². The molecule has 0 saturated heterocycles. The average Bonchev–Trinajstić information content (AvgIpc) is 2.66. The van der Waals surface area contributed by atoms with Gasteiger partial charge in [0.25, 0.3) is 0 Å². The largest absolute Gasteiger partial charge is 0.496 e. The van der Waals surface area contributed by atoms with Crippen LogP contribution in [0, 0.1) is 0 Å². The number of benzene rings is 2. The highest BCUT2D eigenvalue weighted by atomic mass is 16.5. The number of methoxy groups -OCH3 is 1. The van der Waals surface area contributed by atoms with Gasteiger partial charge >= 0.3 is 5.97 Å². The summed E-state index contributed by atoms with van der Waals surface area (Å²) < 4.78 is 11.9. The fourth-order valence-corrected chi connectivity index (χ4v) is 4.47. The molecule has 0 saturated carbocycles. The third kappa shape index (κ3) is 2.97. The number of carboxylic acid groups (broad SMARTS) is 1. The first-order chi connectivity index (χ1) is 13.8. The molecule has 2 aromatic carbocycles. The fraction of sp³-hybridized carbons (Fsp3) is 0.292. The normalized spacial score (nSPS) is 19.0. The van der Waals surface area contributed by atoms with Crippen molar-refractivity contribution in [3.05, 3.63) is 59.2 Å². The average molecular weight is 391 g/mol. The number of fused-ring (bicyclic) bond motifs is 5. The maximum absolute atomic E-state index is 12.0. The van der Waals surface area contributed by atoms with Gasteiger partial charge in [-0.3, -0.25) is 0 Å². The lowest BCUT2D eigenvalue weighted by atomic mass is 9.80. The van der Waals surface area contributed by atoms with Crippen LogP contribution in [0.1, 0.15) is 44.9 Å². The lowest BCUT2D eigenvalue weighted by molar-refractivity contribution is -0.133. The first-order valence-corrected chi connectivity index (χ1v) is 9.66. The predicted octanol–water partition coefficient (Wildman–Crippen LogP) is 5.43. The fourth-order valence-electron chi connectivity index (χ4n) is 4.47. The lowest BCUT2D eigenvalue weighted by Crippen LogP contribution is -2.33. The molecule has 5 nitrogen and oxygen atoms in total. The van der Waals surface area contributed by atoms with Crippen LogP contribution in [-0.2, 0) is 4.79 Å². The standard InChI is InChI=1S/C24H25NO4/c1-6-14(23(26)27)22-21-15(20-17(28-5)8-7-9-18(20)29-22)10-11-16-19(21)13(2)12-24(3,4)25-16/h6-12,22,25H,1-5H3,(H,26,27)/b14-6+. The van der Waals surface area contributed by atoms with E-state index >= 15 is 0 Å². The second kappa shape index (κ2) is 6.69. The quantitative estimate of drug-likeness (QED) is 0.683. The van der Waals surface area contributed by atoms with E-state index in [1.807, 2.05) is 24.3 Å². The number of anilines is 1. The molecule has 1 atom stereocenters. The van der Waals surface area contributed by atoms with Crippen molar-refractivity contribution in [2.75, 3.05) is 12.4 Å². The van der Waals surface area contributed by atoms with Gasteiger partial charge in [-0.05, 0) is 57.0 Å². The summed E-state index contributed by atoms with van der Waals surface area (Å²) in [5.41, 5.74) is 5.71. The molecule has 2 aliphatic heterocycles. The Bertz CT molecular complexity index is 1080. The molecule has 4 rings (SSSR count). The van der Waals surface area contributed by atoms with Crippen LogP contribution in [0.3, 0.4) is 0 Å². The molecule has 0 radical (unpaired) electrons. The van der Waals surface area contributed by atoms with Gasteiger partial charge in [0.15, 0.2) is 6.10 Å². The molecule has 29 heavy (non-hydrogen) atoms. The Labute approximate surface area is 170 Å². The Kier molecular flexibility index (Phi) is 4.41. The van der Waals surface area contributed by atoms with E-state index in [9.17, 15) is 9.90 Å². The van der Waals surface area contributed by atoms with Crippen molar-refractivity contribution in [1.82, 2.24) is 0 Å². The number of ether oxygens (including phenoxy) is 2. The predicted molar refractivity (Wildman–Crippen MR) is 115 cm³/mol. The van der Waals surface area contributed by atoms with Gasteiger partial charge in [-0.15, -0.1) is 0 Å². The van der Waals surface area contributed by atoms with Crippen molar-refractivity contribution in [3.63, 3.8) is 0 Å². The smallest absolute Gasteiger partial charge is 0.335 e. The van der Waals surface area contributed by atoms with Gasteiger partial charge in [0.2, 0.25) is 0 Å². The van der Waals surface area contributed by atoms with Gasteiger partial charge in [-0.1, -0.05) is 24.3 Å². The second-order valence-corrected chi connectivity index (χ2v) is 8.00. The minimum Gasteiger partial charge on any atom is -0.496 e. The molecule has 2 N–H and O–H groups in total. The highest BCUT2D eigenvalue weighted by Crippen LogP contribution is 2.53. The number of aliphatic carboxylic acids is 1. The Balaban J connectivity index is 2.07. The minimum absolute atomic E-state index is 0.192. The van der Waals surface area contributed by atoms with E-state index < -0.39 is 12.1 Å². The van der Waals surface area contributed by atoms with E-state index in [1.54, 1.807) is 20.1 Å². The summed E-state index contributed by atoms with van der Waals surface area (Å²) in [6.45, 7) is 8.01. The first kappa shape index (κ1) is 19.1. The zero-order valence-electron chi connectivity index (χ0n) is 17.3. The topological polar surface area (TPSA) is 67.8 Å². The minimum atomic E-state index is -0.988. The van der Waals surface area contributed by atoms with Crippen LogP contribution in [0.5, 0.6) is 11.5 Å². The van der Waals surface area contributed by atoms with Gasteiger partial charge < -0.3 is 19.9 Å². The first-order valence-electron chi connectivity index (χ1n) is 9.66. The summed E-state index contributed by atoms with van der Waals surface area (Å²) in [6.07, 6.45) is 3.06. The Morgan fingerprint density at radius 3 is 2.66 bits per heavy atom. The molecule has 2 heterocycles. The molecule has 0 aliphatic carbocycles. The molecule has 0 aromatic heterocycles. The zero-order valence-corrected chi connectivity index (χ0v) is 17.3. The van der Waals surface area contributed by atoms with Crippen molar-refractivity contribution in [2.24, 2.45) is 0 Å². The monoisotopic (exact) mass is 391 g/mol. The molecule has 0 spiro atoms. The molecular weight excluding hydrogens is 366 g/mol. The Morgan fingerprint density at radius 2 is 2.00 bits per heavy atom. The molecule has 2 aromatic rings. The van der Waals surface area contributed by atoms with Gasteiger partial charge in [0.1, 0.15) is 11.5 Å². The van der Waals surface area contributed by atoms with Crippen molar-refractivity contribution < 1.29 is 19.4 Å². The molecule has 2 aliphatic rings. The molecule has 0 amide bonds. The van der Waals surface area contributed by atoms with Crippen molar-refractivity contribution >= 4 is 17.2 Å². The van der Waals surface area contributed by atoms with Crippen LogP contribution in [-0.4, -0.2) is 23.7 Å². The van der Waals surface area contributed by atoms with E-state index in [4.69, 9.17) is 9.47 Å². The number of nitrogens with one attached hydrogen (secondary N) is 1. The summed E-state index contributed by atoms with van der Waals surface area (Å²) in [4.78, 5) is 12.0. The SMILES string of the molecule is C/C=C(/C(=O)O)C1Oc2cccc(OC)c2-c2ccc3c(c21)C(C)=CC(C)(C)N3. The Hall–Kier alpha value is -3.21. The van der Waals surface area contributed by atoms with E-state index in [0.717, 1.165) is 33.5 Å².